The maximum atomic E-state index is 5.50. The van der Waals surface area contributed by atoms with Gasteiger partial charge in [0.15, 0.2) is 0 Å². The van der Waals surface area contributed by atoms with E-state index in [-0.39, 0.29) is 0 Å². The topological polar surface area (TPSA) is 21.3 Å². The molecule has 2 nitrogen and oxygen atoms in total. The Kier molecular flexibility index (Phi) is 7.84. The molecule has 0 heterocycles. The van der Waals surface area contributed by atoms with E-state index >= 15 is 0 Å². The Morgan fingerprint density at radius 2 is 2.26 bits per heavy atom. The molecule has 1 aromatic rings. The van der Waals surface area contributed by atoms with Gasteiger partial charge in [0.1, 0.15) is 5.75 Å². The molecule has 0 aliphatic heterocycles. The van der Waals surface area contributed by atoms with Crippen LogP contribution in [0.15, 0.2) is 35.3 Å². The largest absolute Gasteiger partial charge is 0.496 e. The van der Waals surface area contributed by atoms with Gasteiger partial charge >= 0.3 is 0 Å². The number of ether oxygens (including phenoxy) is 1. The van der Waals surface area contributed by atoms with Crippen LogP contribution >= 0.6 is 15.9 Å². The van der Waals surface area contributed by atoms with Crippen LogP contribution in [0.1, 0.15) is 44.2 Å². The second-order valence-corrected chi connectivity index (χ2v) is 5.53. The molecule has 0 aromatic heterocycles. The van der Waals surface area contributed by atoms with Crippen molar-refractivity contribution in [2.75, 3.05) is 13.7 Å². The zero-order chi connectivity index (χ0) is 14.1. The van der Waals surface area contributed by atoms with Crippen molar-refractivity contribution in [2.45, 2.75) is 38.6 Å². The van der Waals surface area contributed by atoms with Crippen LogP contribution in [0.25, 0.3) is 0 Å². The summed E-state index contributed by atoms with van der Waals surface area (Å²) in [7, 11) is 1.73. The summed E-state index contributed by atoms with van der Waals surface area (Å²) in [6, 6.07) is 6.60. The highest BCUT2D eigenvalue weighted by Crippen LogP contribution is 2.31. The minimum atomic E-state index is 0.350. The third-order valence-electron chi connectivity index (χ3n) is 3.11. The number of methoxy groups -OCH3 is 1. The molecule has 0 radical (unpaired) electrons. The van der Waals surface area contributed by atoms with E-state index in [2.05, 4.69) is 46.9 Å². The second-order valence-electron chi connectivity index (χ2n) is 4.61. The molecule has 0 fully saturated rings. The highest BCUT2D eigenvalue weighted by atomic mass is 79.9. The van der Waals surface area contributed by atoms with E-state index in [1.54, 1.807) is 7.11 Å². The van der Waals surface area contributed by atoms with Crippen molar-refractivity contribution in [3.63, 3.8) is 0 Å². The van der Waals surface area contributed by atoms with Gasteiger partial charge in [0.05, 0.1) is 7.11 Å². The first-order valence-corrected chi connectivity index (χ1v) is 7.70. The van der Waals surface area contributed by atoms with E-state index in [1.807, 2.05) is 12.1 Å². The van der Waals surface area contributed by atoms with Gasteiger partial charge in [0.2, 0.25) is 0 Å². The van der Waals surface area contributed by atoms with E-state index < -0.39 is 0 Å². The van der Waals surface area contributed by atoms with Crippen molar-refractivity contribution in [3.8, 4) is 5.75 Å². The normalized spacial score (nSPS) is 12.2. The molecule has 0 spiro atoms. The Balaban J connectivity index is 2.85. The summed E-state index contributed by atoms with van der Waals surface area (Å²) in [5.74, 6) is 0.946. The monoisotopic (exact) mass is 325 g/mol. The molecule has 1 aromatic carbocycles. The molecule has 3 heteroatoms. The fourth-order valence-electron chi connectivity index (χ4n) is 2.13. The van der Waals surface area contributed by atoms with Crippen molar-refractivity contribution in [1.29, 1.82) is 0 Å². The van der Waals surface area contributed by atoms with Gasteiger partial charge < -0.3 is 10.1 Å². The third kappa shape index (κ3) is 5.37. The predicted molar refractivity (Wildman–Crippen MR) is 85.8 cm³/mol. The lowest BCUT2D eigenvalue weighted by Gasteiger charge is -2.21. The van der Waals surface area contributed by atoms with Crippen molar-refractivity contribution < 1.29 is 4.74 Å². The highest BCUT2D eigenvalue weighted by molar-refractivity contribution is 9.10. The summed E-state index contributed by atoms with van der Waals surface area (Å²) in [6.45, 7) is 7.00. The maximum Gasteiger partial charge on any atom is 0.124 e. The molecule has 1 atom stereocenters. The molecule has 106 valence electrons. The number of hydrogen-bond donors (Lipinski definition) is 1. The van der Waals surface area contributed by atoms with E-state index in [1.165, 1.54) is 5.56 Å². The Morgan fingerprint density at radius 1 is 1.47 bits per heavy atom. The first kappa shape index (κ1) is 16.3. The number of hydrogen-bond acceptors (Lipinski definition) is 2. The van der Waals surface area contributed by atoms with Gasteiger partial charge in [0, 0.05) is 16.1 Å². The summed E-state index contributed by atoms with van der Waals surface area (Å²) < 4.78 is 6.55. The predicted octanol–water partition coefficient (Wildman–Crippen LogP) is 4.85. The van der Waals surface area contributed by atoms with Crippen LogP contribution in [0.2, 0.25) is 0 Å². The fraction of sp³-hybridized carbons (Fsp3) is 0.500. The SMILES string of the molecule is C=CCCCC(NCCC)c1ccc(Br)cc1OC. The number of rotatable bonds is 9. The molecule has 1 unspecified atom stereocenters. The number of halogens is 1. The van der Waals surface area contributed by atoms with Crippen LogP contribution in [0.4, 0.5) is 0 Å². The lowest BCUT2D eigenvalue weighted by molar-refractivity contribution is 0.393. The van der Waals surface area contributed by atoms with E-state index in [4.69, 9.17) is 4.74 Å². The summed E-state index contributed by atoms with van der Waals surface area (Å²) in [4.78, 5) is 0. The van der Waals surface area contributed by atoms with Gasteiger partial charge in [-0.2, -0.15) is 0 Å². The van der Waals surface area contributed by atoms with Crippen molar-refractivity contribution in [1.82, 2.24) is 5.32 Å². The molecular weight excluding hydrogens is 302 g/mol. The van der Waals surface area contributed by atoms with E-state index in [9.17, 15) is 0 Å². The Labute approximate surface area is 125 Å². The molecule has 0 bridgehead atoms. The molecule has 0 saturated heterocycles. The first-order valence-electron chi connectivity index (χ1n) is 6.90. The summed E-state index contributed by atoms with van der Waals surface area (Å²) >= 11 is 3.49. The standard InChI is InChI=1S/C16H24BrNO/c1-4-6-7-8-15(18-11-5-2)14-10-9-13(17)12-16(14)19-3/h4,9-10,12,15,18H,1,5-8,11H2,2-3H3. The van der Waals surface area contributed by atoms with Crippen LogP contribution < -0.4 is 10.1 Å². The number of allylic oxidation sites excluding steroid dienone is 1. The minimum absolute atomic E-state index is 0.350. The van der Waals surface area contributed by atoms with Crippen LogP contribution in [0, 0.1) is 0 Å². The molecule has 1 rings (SSSR count). The van der Waals surface area contributed by atoms with Crippen LogP contribution in [0.3, 0.4) is 0 Å². The number of unbranched alkanes of at least 4 members (excludes halogenated alkanes) is 1. The lowest BCUT2D eigenvalue weighted by Crippen LogP contribution is -2.22. The average molecular weight is 326 g/mol. The maximum absolute atomic E-state index is 5.50. The van der Waals surface area contributed by atoms with Crippen LogP contribution in [-0.4, -0.2) is 13.7 Å². The second kappa shape index (κ2) is 9.16. The van der Waals surface area contributed by atoms with E-state index in [0.29, 0.717) is 6.04 Å². The minimum Gasteiger partial charge on any atom is -0.496 e. The first-order chi connectivity index (χ1) is 9.22. The molecule has 0 amide bonds. The summed E-state index contributed by atoms with van der Waals surface area (Å²) in [5, 5.41) is 3.61. The Morgan fingerprint density at radius 3 is 2.89 bits per heavy atom. The molecular formula is C16H24BrNO. The van der Waals surface area contributed by atoms with Gasteiger partial charge in [-0.15, -0.1) is 6.58 Å². The molecule has 0 aliphatic carbocycles. The Hall–Kier alpha value is -0.800. The van der Waals surface area contributed by atoms with Gasteiger partial charge in [-0.1, -0.05) is 35.0 Å². The lowest BCUT2D eigenvalue weighted by atomic mass is 9.99. The zero-order valence-electron chi connectivity index (χ0n) is 11.9. The molecule has 19 heavy (non-hydrogen) atoms. The average Bonchev–Trinajstić information content (AvgIpc) is 2.43. The number of nitrogens with one attached hydrogen (secondary N) is 1. The third-order valence-corrected chi connectivity index (χ3v) is 3.61. The van der Waals surface area contributed by atoms with Crippen LogP contribution in [-0.2, 0) is 0 Å². The molecule has 1 N–H and O–H groups in total. The van der Waals surface area contributed by atoms with Crippen molar-refractivity contribution in [3.05, 3.63) is 40.9 Å². The van der Waals surface area contributed by atoms with Gasteiger partial charge in [-0.3, -0.25) is 0 Å². The Bertz CT molecular complexity index is 392. The smallest absolute Gasteiger partial charge is 0.124 e. The zero-order valence-corrected chi connectivity index (χ0v) is 13.5. The van der Waals surface area contributed by atoms with Crippen LogP contribution in [0.5, 0.6) is 5.75 Å². The van der Waals surface area contributed by atoms with Gasteiger partial charge in [-0.05, 0) is 44.4 Å². The van der Waals surface area contributed by atoms with E-state index in [0.717, 1.165) is 42.5 Å². The summed E-state index contributed by atoms with van der Waals surface area (Å²) in [6.07, 6.45) is 6.42. The summed E-state index contributed by atoms with van der Waals surface area (Å²) in [5.41, 5.74) is 1.24. The fourth-order valence-corrected chi connectivity index (χ4v) is 2.47. The van der Waals surface area contributed by atoms with Gasteiger partial charge in [-0.25, -0.2) is 0 Å². The molecule has 0 saturated carbocycles. The number of benzene rings is 1. The highest BCUT2D eigenvalue weighted by Gasteiger charge is 2.15. The molecule has 0 aliphatic rings. The van der Waals surface area contributed by atoms with Gasteiger partial charge in [0.25, 0.3) is 0 Å². The van der Waals surface area contributed by atoms with Crippen molar-refractivity contribution >= 4 is 15.9 Å². The van der Waals surface area contributed by atoms with Crippen molar-refractivity contribution in [2.24, 2.45) is 0 Å². The quantitative estimate of drug-likeness (QED) is 0.517.